The van der Waals surface area contributed by atoms with Gasteiger partial charge in [0.25, 0.3) is 0 Å². The summed E-state index contributed by atoms with van der Waals surface area (Å²) in [6.45, 7) is 22.3. The van der Waals surface area contributed by atoms with Crippen LogP contribution in [-0.2, 0) is 21.9 Å². The first-order valence-electron chi connectivity index (χ1n) is 18.5. The molecule has 0 radical (unpaired) electrons. The summed E-state index contributed by atoms with van der Waals surface area (Å²) in [5, 5.41) is 14.7. The summed E-state index contributed by atoms with van der Waals surface area (Å²) < 4.78 is 87.6. The first-order valence-corrected chi connectivity index (χ1v) is 20.8. The van der Waals surface area contributed by atoms with Crippen LogP contribution in [0.2, 0.25) is 10.0 Å². The fourth-order valence-electron chi connectivity index (χ4n) is 6.24. The predicted molar refractivity (Wildman–Crippen MR) is 233 cm³/mol. The molecule has 2 aliphatic rings. The van der Waals surface area contributed by atoms with E-state index in [2.05, 4.69) is 52.3 Å². The molecule has 4 rings (SSSR count). The summed E-state index contributed by atoms with van der Waals surface area (Å²) in [5.41, 5.74) is -4.75. The second kappa shape index (κ2) is 17.0. The van der Waals surface area contributed by atoms with Crippen molar-refractivity contribution < 1.29 is 35.9 Å². The van der Waals surface area contributed by atoms with Crippen LogP contribution in [0.5, 0.6) is 0 Å². The molecule has 0 fully saturated rings. The first-order chi connectivity index (χ1) is 27.1. The van der Waals surface area contributed by atoms with Gasteiger partial charge in [-0.1, -0.05) is 106 Å². The Morgan fingerprint density at radius 3 is 0.967 bits per heavy atom. The van der Waals surface area contributed by atoms with Crippen molar-refractivity contribution in [1.29, 1.82) is 0 Å². The van der Waals surface area contributed by atoms with Crippen LogP contribution in [0, 0.1) is 21.7 Å². The Kier molecular flexibility index (Phi) is 14.0. The molecular weight excluding hydrogens is 961 g/mol. The standard InChI is InChI=1S/C44H44Br2Cl2F6N4O2/c1-39(2,3)27-13-21(14-28(37(27)59)40(4,5)6)19-55-57-35-25(43(49,50)51)17-23(33(47)31(35)45)24-18-26(44(52,53)54)36(32(46)34(24)48)58-56-20-22-15-29(41(7,8)9)38(60)30(16-22)42(10,11)12/h13-20H,1-12H3/b57-55+,58-56+. The van der Waals surface area contributed by atoms with Crippen LogP contribution >= 0.6 is 55.1 Å². The molecule has 0 N–H and O–H groups in total. The molecule has 0 spiro atoms. The van der Waals surface area contributed by atoms with Crippen molar-refractivity contribution in [2.75, 3.05) is 0 Å². The van der Waals surface area contributed by atoms with Crippen LogP contribution in [0.15, 0.2) is 112 Å². The average Bonchev–Trinajstić information content (AvgIpc) is 3.07. The minimum absolute atomic E-state index is 0.154. The molecule has 0 aliphatic heterocycles. The Bertz CT molecular complexity index is 2170. The predicted octanol–water partition coefficient (Wildman–Crippen LogP) is 17.2. The molecule has 0 saturated heterocycles. The SMILES string of the molecule is CC(C)(C)C1=CC(=C/N=N/c2c(C(F)(F)F)cc(-c3cc(C(F)(F)F)c(/N=N/C=C4C=C(C(C)(C)C)C(=O)C(C(C)(C)C)=C4)c(Br)c3Cl)c(Cl)c2Br)C=C(C(C)(C)C)C1=O. The summed E-state index contributed by atoms with van der Waals surface area (Å²) in [6.07, 6.45) is -1.37. The smallest absolute Gasteiger partial charge is 0.289 e. The van der Waals surface area contributed by atoms with Crippen molar-refractivity contribution in [1.82, 2.24) is 0 Å². The molecule has 322 valence electrons. The van der Waals surface area contributed by atoms with E-state index in [1.54, 1.807) is 24.3 Å². The van der Waals surface area contributed by atoms with Crippen LogP contribution in [0.4, 0.5) is 37.7 Å². The molecule has 0 aromatic heterocycles. The fourth-order valence-corrected chi connectivity index (χ4v) is 7.74. The van der Waals surface area contributed by atoms with Crippen LogP contribution < -0.4 is 0 Å². The normalized spacial score (nSPS) is 16.4. The van der Waals surface area contributed by atoms with E-state index in [0.717, 1.165) is 0 Å². The Morgan fingerprint density at radius 1 is 0.500 bits per heavy atom. The van der Waals surface area contributed by atoms with Gasteiger partial charge in [-0.3, -0.25) is 9.59 Å². The molecule has 0 atom stereocenters. The van der Waals surface area contributed by atoms with Crippen molar-refractivity contribution in [3.05, 3.63) is 112 Å². The zero-order valence-corrected chi connectivity index (χ0v) is 39.7. The largest absolute Gasteiger partial charge is 0.418 e. The molecule has 2 aromatic rings. The Labute approximate surface area is 373 Å². The van der Waals surface area contributed by atoms with Gasteiger partial charge in [0.05, 0.1) is 42.5 Å². The highest BCUT2D eigenvalue weighted by molar-refractivity contribution is 9.11. The van der Waals surface area contributed by atoms with E-state index in [9.17, 15) is 35.9 Å². The number of Topliss-reactive ketones (excluding diaryl/α,β-unsaturated/α-hetero) is 2. The van der Waals surface area contributed by atoms with Crippen LogP contribution in [0.3, 0.4) is 0 Å². The maximum Gasteiger partial charge on any atom is 0.418 e. The molecule has 0 amide bonds. The average molecular weight is 1010 g/mol. The number of benzene rings is 2. The molecular formula is C44H44Br2Cl2F6N4O2. The lowest BCUT2D eigenvalue weighted by molar-refractivity contribution is -0.138. The monoisotopic (exact) mass is 1000 g/mol. The lowest BCUT2D eigenvalue weighted by Gasteiger charge is -2.31. The molecule has 2 aliphatic carbocycles. The minimum atomic E-state index is -5.09. The number of hydrogen-bond acceptors (Lipinski definition) is 6. The number of halogens is 10. The first kappa shape index (κ1) is 49.2. The van der Waals surface area contributed by atoms with Gasteiger partial charge in [-0.15, -0.1) is 10.2 Å². The van der Waals surface area contributed by atoms with E-state index in [1.807, 2.05) is 83.1 Å². The number of carbonyl (C=O) groups excluding carboxylic acids is 2. The number of azo groups is 2. The molecule has 16 heteroatoms. The fraction of sp³-hybridized carbons (Fsp3) is 0.409. The lowest BCUT2D eigenvalue weighted by Crippen LogP contribution is -2.27. The third kappa shape index (κ3) is 10.8. The number of allylic oxidation sites excluding steroid dienone is 10. The van der Waals surface area contributed by atoms with Crippen LogP contribution in [-0.4, -0.2) is 11.6 Å². The third-order valence-electron chi connectivity index (χ3n) is 9.45. The molecule has 2 aromatic carbocycles. The second-order valence-corrected chi connectivity index (χ2v) is 20.8. The van der Waals surface area contributed by atoms with E-state index in [0.29, 0.717) is 45.6 Å². The minimum Gasteiger partial charge on any atom is -0.289 e. The number of ketones is 2. The van der Waals surface area contributed by atoms with Crippen molar-refractivity contribution in [3.63, 3.8) is 0 Å². The molecule has 60 heavy (non-hydrogen) atoms. The van der Waals surface area contributed by atoms with Crippen molar-refractivity contribution in [3.8, 4) is 11.1 Å². The quantitative estimate of drug-likeness (QED) is 0.221. The van der Waals surface area contributed by atoms with Crippen LogP contribution in [0.1, 0.15) is 94.2 Å². The van der Waals surface area contributed by atoms with E-state index in [-0.39, 0.29) is 11.6 Å². The van der Waals surface area contributed by atoms with Crippen LogP contribution in [0.25, 0.3) is 11.1 Å². The summed E-state index contributed by atoms with van der Waals surface area (Å²) in [5.74, 6) is -0.308. The van der Waals surface area contributed by atoms with Crippen molar-refractivity contribution in [2.24, 2.45) is 42.1 Å². The zero-order valence-electron chi connectivity index (χ0n) is 35.0. The Balaban J connectivity index is 1.89. The topological polar surface area (TPSA) is 83.6 Å². The summed E-state index contributed by atoms with van der Waals surface area (Å²) in [7, 11) is 0. The second-order valence-electron chi connectivity index (χ2n) is 18.5. The summed E-state index contributed by atoms with van der Waals surface area (Å²) in [6, 6.07) is 1.09. The van der Waals surface area contributed by atoms with Gasteiger partial charge >= 0.3 is 12.4 Å². The van der Waals surface area contributed by atoms with Gasteiger partial charge < -0.3 is 0 Å². The number of rotatable bonds is 5. The van der Waals surface area contributed by atoms with Gasteiger partial charge in [0.1, 0.15) is 11.4 Å². The summed E-state index contributed by atoms with van der Waals surface area (Å²) >= 11 is 19.4. The molecule has 0 heterocycles. The molecule has 6 nitrogen and oxygen atoms in total. The maximum atomic E-state index is 14.7. The van der Waals surface area contributed by atoms with E-state index in [4.69, 9.17) is 23.2 Å². The molecule has 0 unspecified atom stereocenters. The Hall–Kier alpha value is -3.46. The van der Waals surface area contributed by atoms with Crippen molar-refractivity contribution >= 4 is 78.0 Å². The zero-order chi connectivity index (χ0) is 45.9. The highest BCUT2D eigenvalue weighted by Crippen LogP contribution is 2.53. The van der Waals surface area contributed by atoms with Gasteiger partial charge in [0.2, 0.25) is 0 Å². The van der Waals surface area contributed by atoms with E-state index < -0.39 is 86.6 Å². The van der Waals surface area contributed by atoms with Gasteiger partial charge in [0, 0.05) is 33.4 Å². The van der Waals surface area contributed by atoms with Gasteiger partial charge in [-0.2, -0.15) is 36.6 Å². The number of carbonyl (C=O) groups is 2. The summed E-state index contributed by atoms with van der Waals surface area (Å²) in [4.78, 5) is 26.6. The number of nitrogens with zero attached hydrogens (tertiary/aromatic N) is 4. The van der Waals surface area contributed by atoms with E-state index in [1.165, 1.54) is 12.4 Å². The molecule has 0 bridgehead atoms. The van der Waals surface area contributed by atoms with E-state index >= 15 is 0 Å². The number of hydrogen-bond donors (Lipinski definition) is 0. The highest BCUT2D eigenvalue weighted by atomic mass is 79.9. The highest BCUT2D eigenvalue weighted by Gasteiger charge is 2.40. The van der Waals surface area contributed by atoms with Gasteiger partial charge in [-0.25, -0.2) is 0 Å². The third-order valence-corrected chi connectivity index (χ3v) is 12.2. The lowest BCUT2D eigenvalue weighted by atomic mass is 9.72. The van der Waals surface area contributed by atoms with Gasteiger partial charge in [0.15, 0.2) is 11.6 Å². The Morgan fingerprint density at radius 2 is 0.750 bits per heavy atom. The maximum absolute atomic E-state index is 14.7. The van der Waals surface area contributed by atoms with Crippen molar-refractivity contribution in [2.45, 2.75) is 95.4 Å². The van der Waals surface area contributed by atoms with Gasteiger partial charge in [-0.05, 0) is 101 Å². The molecule has 0 saturated carbocycles. The number of alkyl halides is 6.